The zero-order valence-electron chi connectivity index (χ0n) is 9.57. The number of aromatic nitrogens is 2. The first-order valence-corrected chi connectivity index (χ1v) is 5.70. The van der Waals surface area contributed by atoms with E-state index in [1.807, 2.05) is 6.92 Å². The van der Waals surface area contributed by atoms with Crippen molar-refractivity contribution in [2.45, 2.75) is 13.5 Å². The minimum atomic E-state index is 0.165. The van der Waals surface area contributed by atoms with Crippen molar-refractivity contribution in [3.05, 3.63) is 22.5 Å². The Morgan fingerprint density at radius 1 is 1.44 bits per heavy atom. The van der Waals surface area contributed by atoms with Gasteiger partial charge in [-0.15, -0.1) is 0 Å². The van der Waals surface area contributed by atoms with E-state index in [4.69, 9.17) is 31.3 Å². The van der Waals surface area contributed by atoms with Crippen LogP contribution < -0.4 is 15.2 Å². The van der Waals surface area contributed by atoms with E-state index in [9.17, 15) is 0 Å². The molecule has 0 bridgehead atoms. The maximum atomic E-state index is 6.22. The predicted molar refractivity (Wildman–Crippen MR) is 63.5 cm³/mol. The summed E-state index contributed by atoms with van der Waals surface area (Å²) >= 11 is 6.22. The van der Waals surface area contributed by atoms with Gasteiger partial charge in [0.2, 0.25) is 18.5 Å². The fourth-order valence-corrected chi connectivity index (χ4v) is 2.02. The Kier molecular flexibility index (Phi) is 2.61. The van der Waals surface area contributed by atoms with Crippen LogP contribution in [0, 0.1) is 6.92 Å². The lowest BCUT2D eigenvalue weighted by atomic mass is 10.1. The largest absolute Gasteiger partial charge is 0.454 e. The first-order valence-electron chi connectivity index (χ1n) is 5.32. The van der Waals surface area contributed by atoms with Crippen LogP contribution in [0.1, 0.15) is 11.5 Å². The number of benzene rings is 1. The number of nitrogens with zero attached hydrogens (tertiary/aromatic N) is 2. The number of halogens is 1. The Morgan fingerprint density at radius 2 is 2.28 bits per heavy atom. The highest BCUT2D eigenvalue weighted by molar-refractivity contribution is 6.33. The molecule has 2 N–H and O–H groups in total. The highest BCUT2D eigenvalue weighted by Crippen LogP contribution is 2.44. The normalized spacial score (nSPS) is 13.1. The second kappa shape index (κ2) is 4.15. The summed E-state index contributed by atoms with van der Waals surface area (Å²) in [6, 6.07) is 1.79. The van der Waals surface area contributed by atoms with E-state index < -0.39 is 0 Å². The van der Waals surface area contributed by atoms with Gasteiger partial charge in [-0.3, -0.25) is 0 Å². The van der Waals surface area contributed by atoms with Crippen molar-refractivity contribution in [1.82, 2.24) is 10.1 Å². The van der Waals surface area contributed by atoms with Crippen LogP contribution in [0.4, 0.5) is 0 Å². The summed E-state index contributed by atoms with van der Waals surface area (Å²) in [5, 5.41) is 4.36. The molecule has 0 spiro atoms. The third-order valence-corrected chi connectivity index (χ3v) is 3.19. The zero-order chi connectivity index (χ0) is 12.7. The van der Waals surface area contributed by atoms with Gasteiger partial charge in [-0.1, -0.05) is 16.8 Å². The van der Waals surface area contributed by atoms with E-state index in [0.29, 0.717) is 28.2 Å². The van der Waals surface area contributed by atoms with Gasteiger partial charge in [0, 0.05) is 5.56 Å². The molecular formula is C11H10ClN3O3. The molecule has 0 fully saturated rings. The third-order valence-electron chi connectivity index (χ3n) is 2.73. The SMILES string of the molecule is Cc1c(-c2noc(CN)n2)cc2c(c1Cl)OCO2. The van der Waals surface area contributed by atoms with Crippen molar-refractivity contribution in [2.75, 3.05) is 6.79 Å². The van der Waals surface area contributed by atoms with Crippen LogP contribution in [0.2, 0.25) is 5.02 Å². The number of fused-ring (bicyclic) bond motifs is 1. The fourth-order valence-electron chi connectivity index (χ4n) is 1.77. The molecule has 0 radical (unpaired) electrons. The zero-order valence-corrected chi connectivity index (χ0v) is 10.3. The van der Waals surface area contributed by atoms with Gasteiger partial charge in [0.15, 0.2) is 11.5 Å². The Morgan fingerprint density at radius 3 is 3.00 bits per heavy atom. The van der Waals surface area contributed by atoms with Gasteiger partial charge in [0.05, 0.1) is 11.6 Å². The molecule has 0 atom stereocenters. The summed E-state index contributed by atoms with van der Waals surface area (Å²) in [5.41, 5.74) is 6.99. The first-order chi connectivity index (χ1) is 8.70. The van der Waals surface area contributed by atoms with Crippen molar-refractivity contribution in [3.63, 3.8) is 0 Å². The average molecular weight is 268 g/mol. The molecule has 0 unspecified atom stereocenters. The lowest BCUT2D eigenvalue weighted by molar-refractivity contribution is 0.174. The Bertz CT molecular complexity index is 612. The number of ether oxygens (including phenoxy) is 2. The van der Waals surface area contributed by atoms with E-state index in [0.717, 1.165) is 11.1 Å². The molecule has 0 aliphatic carbocycles. The average Bonchev–Trinajstić information content (AvgIpc) is 3.01. The molecule has 2 aromatic rings. The third kappa shape index (κ3) is 1.61. The standard InChI is InChI=1S/C11H10ClN3O3/c1-5-6(11-14-8(3-13)18-15-11)2-7-10(9(5)12)17-4-16-7/h2H,3-4,13H2,1H3. The van der Waals surface area contributed by atoms with Crippen LogP contribution >= 0.6 is 11.6 Å². The topological polar surface area (TPSA) is 83.4 Å². The Balaban J connectivity index is 2.15. The number of hydrogen-bond donors (Lipinski definition) is 1. The molecule has 6 nitrogen and oxygen atoms in total. The smallest absolute Gasteiger partial charge is 0.240 e. The predicted octanol–water partition coefficient (Wildman–Crippen LogP) is 1.89. The van der Waals surface area contributed by atoms with E-state index in [1.54, 1.807) is 6.07 Å². The van der Waals surface area contributed by atoms with E-state index in [-0.39, 0.29) is 13.3 Å². The summed E-state index contributed by atoms with van der Waals surface area (Å²) in [6.07, 6.45) is 0. The van der Waals surface area contributed by atoms with Crippen LogP contribution in [0.3, 0.4) is 0 Å². The molecule has 1 aliphatic heterocycles. The number of rotatable bonds is 2. The molecule has 7 heteroatoms. The Labute approximate surface area is 108 Å². The van der Waals surface area contributed by atoms with Gasteiger partial charge in [0.25, 0.3) is 0 Å². The molecule has 1 aromatic carbocycles. The molecule has 2 heterocycles. The second-order valence-corrected chi connectivity index (χ2v) is 4.19. The molecule has 0 amide bonds. The molecule has 0 saturated carbocycles. The van der Waals surface area contributed by atoms with E-state index in [1.165, 1.54) is 0 Å². The summed E-state index contributed by atoms with van der Waals surface area (Å²) in [6.45, 7) is 2.22. The van der Waals surface area contributed by atoms with Crippen molar-refractivity contribution >= 4 is 11.6 Å². The minimum Gasteiger partial charge on any atom is -0.454 e. The minimum absolute atomic E-state index is 0.165. The monoisotopic (exact) mass is 267 g/mol. The van der Waals surface area contributed by atoms with Gasteiger partial charge in [-0.2, -0.15) is 4.98 Å². The molecule has 3 rings (SSSR count). The van der Waals surface area contributed by atoms with Crippen molar-refractivity contribution in [2.24, 2.45) is 5.73 Å². The van der Waals surface area contributed by atoms with Crippen LogP contribution in [-0.4, -0.2) is 16.9 Å². The quantitative estimate of drug-likeness (QED) is 0.894. The number of nitrogens with two attached hydrogens (primary N) is 1. The van der Waals surface area contributed by atoms with Crippen LogP contribution in [0.5, 0.6) is 11.5 Å². The summed E-state index contributed by atoms with van der Waals surface area (Å²) in [5.74, 6) is 1.95. The van der Waals surface area contributed by atoms with E-state index >= 15 is 0 Å². The summed E-state index contributed by atoms with van der Waals surface area (Å²) in [7, 11) is 0. The van der Waals surface area contributed by atoms with Gasteiger partial charge in [0.1, 0.15) is 0 Å². The molecule has 18 heavy (non-hydrogen) atoms. The van der Waals surface area contributed by atoms with Gasteiger partial charge in [-0.25, -0.2) is 0 Å². The molecular weight excluding hydrogens is 258 g/mol. The summed E-state index contributed by atoms with van der Waals surface area (Å²) in [4.78, 5) is 4.17. The van der Waals surface area contributed by atoms with Crippen LogP contribution in [0.15, 0.2) is 10.6 Å². The van der Waals surface area contributed by atoms with Crippen LogP contribution in [-0.2, 0) is 6.54 Å². The van der Waals surface area contributed by atoms with Crippen molar-refractivity contribution < 1.29 is 14.0 Å². The van der Waals surface area contributed by atoms with Crippen molar-refractivity contribution in [3.8, 4) is 22.9 Å². The lowest BCUT2D eigenvalue weighted by Crippen LogP contribution is -1.96. The Hall–Kier alpha value is -1.79. The molecule has 1 aromatic heterocycles. The maximum absolute atomic E-state index is 6.22. The maximum Gasteiger partial charge on any atom is 0.240 e. The molecule has 0 saturated heterocycles. The highest BCUT2D eigenvalue weighted by Gasteiger charge is 2.23. The second-order valence-electron chi connectivity index (χ2n) is 3.81. The number of hydrogen-bond acceptors (Lipinski definition) is 6. The van der Waals surface area contributed by atoms with Crippen molar-refractivity contribution in [1.29, 1.82) is 0 Å². The van der Waals surface area contributed by atoms with Gasteiger partial charge < -0.3 is 19.7 Å². The molecule has 94 valence electrons. The molecule has 1 aliphatic rings. The van der Waals surface area contributed by atoms with Gasteiger partial charge in [-0.05, 0) is 18.6 Å². The summed E-state index contributed by atoms with van der Waals surface area (Å²) < 4.78 is 15.6. The lowest BCUT2D eigenvalue weighted by Gasteiger charge is -2.06. The first kappa shape index (κ1) is 11.3. The van der Waals surface area contributed by atoms with Gasteiger partial charge >= 0.3 is 0 Å². The fraction of sp³-hybridized carbons (Fsp3) is 0.273. The van der Waals surface area contributed by atoms with Crippen LogP contribution in [0.25, 0.3) is 11.4 Å². The van der Waals surface area contributed by atoms with E-state index in [2.05, 4.69) is 10.1 Å². The highest BCUT2D eigenvalue weighted by atomic mass is 35.5.